The molecule has 0 bridgehead atoms. The lowest BCUT2D eigenvalue weighted by Gasteiger charge is -2.15. The molecule has 0 fully saturated rings. The lowest BCUT2D eigenvalue weighted by atomic mass is 10.1. The molecule has 0 aliphatic rings. The number of hydrogen-bond donors (Lipinski definition) is 0. The second-order valence-corrected chi connectivity index (χ2v) is 6.69. The van der Waals surface area contributed by atoms with Crippen molar-refractivity contribution >= 4 is 15.8 Å². The van der Waals surface area contributed by atoms with Crippen LogP contribution in [0.2, 0.25) is 0 Å². The van der Waals surface area contributed by atoms with Crippen LogP contribution in [0.4, 0.5) is 18.9 Å². The van der Waals surface area contributed by atoms with Crippen molar-refractivity contribution in [2.75, 3.05) is 0 Å². The molecule has 0 N–H and O–H groups in total. The van der Waals surface area contributed by atoms with Gasteiger partial charge in [0, 0.05) is 12.1 Å². The van der Waals surface area contributed by atoms with Crippen molar-refractivity contribution < 1.29 is 30.7 Å². The van der Waals surface area contributed by atoms with Crippen molar-refractivity contribution in [3.63, 3.8) is 0 Å². The molecule has 25 heavy (non-hydrogen) atoms. The summed E-state index contributed by atoms with van der Waals surface area (Å²) in [6.45, 7) is 2.83. The highest BCUT2D eigenvalue weighted by molar-refractivity contribution is 7.87. The summed E-state index contributed by atoms with van der Waals surface area (Å²) in [6, 6.07) is 5.74. The summed E-state index contributed by atoms with van der Waals surface area (Å²) < 4.78 is 68.4. The molecule has 10 heteroatoms. The minimum absolute atomic E-state index is 0.148. The first-order chi connectivity index (χ1) is 11.4. The predicted octanol–water partition coefficient (Wildman–Crippen LogP) is 4.00. The Morgan fingerprint density at radius 2 is 1.72 bits per heavy atom. The molecule has 6 nitrogen and oxygen atoms in total. The van der Waals surface area contributed by atoms with Gasteiger partial charge in [-0.25, -0.2) is 0 Å². The molecule has 0 atom stereocenters. The number of aryl methyl sites for hydroxylation is 1. The van der Waals surface area contributed by atoms with E-state index in [1.165, 1.54) is 19.9 Å². The van der Waals surface area contributed by atoms with Crippen molar-refractivity contribution in [3.05, 3.63) is 63.2 Å². The molecule has 0 amide bonds. The number of hydrogen-bond acceptors (Lipinski definition) is 5. The van der Waals surface area contributed by atoms with Crippen LogP contribution in [0.25, 0.3) is 0 Å². The van der Waals surface area contributed by atoms with Crippen LogP contribution in [0.15, 0.2) is 41.3 Å². The summed E-state index contributed by atoms with van der Waals surface area (Å²) >= 11 is 0. The molecular weight excluding hydrogens is 363 g/mol. The summed E-state index contributed by atoms with van der Waals surface area (Å²) in [5, 5.41) is 10.9. The third-order valence-corrected chi connectivity index (χ3v) is 4.84. The molecule has 0 saturated carbocycles. The third-order valence-electron chi connectivity index (χ3n) is 3.48. The van der Waals surface area contributed by atoms with Crippen LogP contribution in [0.3, 0.4) is 0 Å². The number of benzene rings is 2. The molecule has 0 unspecified atom stereocenters. The Morgan fingerprint density at radius 1 is 1.12 bits per heavy atom. The topological polar surface area (TPSA) is 86.5 Å². The molecule has 2 rings (SSSR count). The monoisotopic (exact) mass is 375 g/mol. The summed E-state index contributed by atoms with van der Waals surface area (Å²) in [4.78, 5) is 9.55. The first-order valence-electron chi connectivity index (χ1n) is 6.80. The van der Waals surface area contributed by atoms with Crippen molar-refractivity contribution in [1.29, 1.82) is 0 Å². The Balaban J connectivity index is 2.57. The molecule has 0 heterocycles. The van der Waals surface area contributed by atoms with E-state index in [9.17, 15) is 31.7 Å². The fraction of sp³-hybridized carbons (Fsp3) is 0.200. The summed E-state index contributed by atoms with van der Waals surface area (Å²) in [6.07, 6.45) is -4.82. The van der Waals surface area contributed by atoms with E-state index in [-0.39, 0.29) is 5.56 Å². The molecule has 0 aromatic heterocycles. The van der Waals surface area contributed by atoms with Crippen LogP contribution in [-0.4, -0.2) is 13.3 Å². The molecule has 0 aliphatic carbocycles. The minimum Gasteiger partial charge on any atom is -0.378 e. The number of nitro groups is 1. The normalized spacial score (nSPS) is 12.0. The highest BCUT2D eigenvalue weighted by atomic mass is 32.2. The highest BCUT2D eigenvalue weighted by Crippen LogP contribution is 2.37. The molecule has 0 saturated heterocycles. The number of nitro benzene ring substituents is 1. The van der Waals surface area contributed by atoms with E-state index in [0.29, 0.717) is 11.6 Å². The maximum atomic E-state index is 13.0. The lowest BCUT2D eigenvalue weighted by molar-refractivity contribution is -0.385. The average Bonchev–Trinajstić information content (AvgIpc) is 2.48. The Bertz CT molecular complexity index is 939. The molecule has 2 aromatic carbocycles. The number of halogens is 3. The van der Waals surface area contributed by atoms with E-state index in [4.69, 9.17) is 0 Å². The second-order valence-electron chi connectivity index (χ2n) is 5.17. The van der Waals surface area contributed by atoms with E-state index in [1.807, 2.05) is 0 Å². The predicted molar refractivity (Wildman–Crippen MR) is 81.8 cm³/mol. The van der Waals surface area contributed by atoms with E-state index in [1.54, 1.807) is 0 Å². The molecule has 0 spiro atoms. The summed E-state index contributed by atoms with van der Waals surface area (Å²) in [7, 11) is -4.71. The summed E-state index contributed by atoms with van der Waals surface area (Å²) in [5.74, 6) is -0.904. The van der Waals surface area contributed by atoms with Gasteiger partial charge in [0.05, 0.1) is 10.5 Å². The Kier molecular flexibility index (Phi) is 4.76. The van der Waals surface area contributed by atoms with Gasteiger partial charge in [0.25, 0.3) is 5.69 Å². The van der Waals surface area contributed by atoms with E-state index < -0.39 is 43.1 Å². The zero-order valence-corrected chi connectivity index (χ0v) is 13.8. The van der Waals surface area contributed by atoms with Crippen LogP contribution in [0.1, 0.15) is 16.7 Å². The molecule has 2 aromatic rings. The molecule has 0 aliphatic heterocycles. The summed E-state index contributed by atoms with van der Waals surface area (Å²) in [5.41, 5.74) is -1.33. The van der Waals surface area contributed by atoms with Gasteiger partial charge in [0.15, 0.2) is 5.75 Å². The quantitative estimate of drug-likeness (QED) is 0.458. The van der Waals surface area contributed by atoms with Crippen LogP contribution >= 0.6 is 0 Å². The van der Waals surface area contributed by atoms with Crippen LogP contribution in [-0.2, 0) is 16.3 Å². The molecule has 134 valence electrons. The lowest BCUT2D eigenvalue weighted by Crippen LogP contribution is -2.16. The fourth-order valence-electron chi connectivity index (χ4n) is 2.11. The van der Waals surface area contributed by atoms with Crippen molar-refractivity contribution in [2.24, 2.45) is 0 Å². The van der Waals surface area contributed by atoms with E-state index >= 15 is 0 Å². The number of alkyl halides is 3. The zero-order chi connectivity index (χ0) is 19.0. The smallest absolute Gasteiger partial charge is 0.378 e. The fourth-order valence-corrected chi connectivity index (χ4v) is 3.38. The van der Waals surface area contributed by atoms with Gasteiger partial charge in [-0.1, -0.05) is 12.1 Å². The first kappa shape index (κ1) is 18.7. The SMILES string of the molecule is Cc1cc([N+](=O)[O-])cc(S(=O)(=O)Oc2ccccc2C(F)(F)F)c1C. The Hall–Kier alpha value is -2.62. The van der Waals surface area contributed by atoms with Crippen molar-refractivity contribution in [1.82, 2.24) is 0 Å². The van der Waals surface area contributed by atoms with Gasteiger partial charge in [0.2, 0.25) is 0 Å². The Morgan fingerprint density at radius 3 is 2.28 bits per heavy atom. The van der Waals surface area contributed by atoms with Gasteiger partial charge in [-0.2, -0.15) is 21.6 Å². The van der Waals surface area contributed by atoms with E-state index in [2.05, 4.69) is 4.18 Å². The highest BCUT2D eigenvalue weighted by Gasteiger charge is 2.36. The van der Waals surface area contributed by atoms with Gasteiger partial charge < -0.3 is 4.18 Å². The second kappa shape index (κ2) is 6.36. The standard InChI is InChI=1S/C15H12F3NO5S/c1-9-7-11(19(20)21)8-14(10(9)2)25(22,23)24-13-6-4-3-5-12(13)15(16,17)18/h3-8H,1-2H3. The maximum absolute atomic E-state index is 13.0. The van der Waals surface area contributed by atoms with Crippen molar-refractivity contribution in [3.8, 4) is 5.75 Å². The van der Waals surface area contributed by atoms with Crippen LogP contribution in [0, 0.1) is 24.0 Å². The number of non-ortho nitro benzene ring substituents is 1. The van der Waals surface area contributed by atoms with Crippen molar-refractivity contribution in [2.45, 2.75) is 24.9 Å². The average molecular weight is 375 g/mol. The zero-order valence-electron chi connectivity index (χ0n) is 13.0. The van der Waals surface area contributed by atoms with Gasteiger partial charge in [-0.3, -0.25) is 10.1 Å². The number of rotatable bonds is 4. The number of para-hydroxylation sites is 1. The third kappa shape index (κ3) is 3.90. The number of nitrogens with zero attached hydrogens (tertiary/aromatic N) is 1. The van der Waals surface area contributed by atoms with Crippen LogP contribution < -0.4 is 4.18 Å². The maximum Gasteiger partial charge on any atom is 0.420 e. The molecule has 0 radical (unpaired) electrons. The van der Waals surface area contributed by atoms with Gasteiger partial charge in [-0.05, 0) is 37.1 Å². The largest absolute Gasteiger partial charge is 0.420 e. The van der Waals surface area contributed by atoms with Crippen LogP contribution in [0.5, 0.6) is 5.75 Å². The van der Waals surface area contributed by atoms with Gasteiger partial charge in [-0.15, -0.1) is 0 Å². The Labute approximate surface area is 141 Å². The first-order valence-corrected chi connectivity index (χ1v) is 8.20. The van der Waals surface area contributed by atoms with Gasteiger partial charge >= 0.3 is 16.3 Å². The van der Waals surface area contributed by atoms with E-state index in [0.717, 1.165) is 24.3 Å². The minimum atomic E-state index is -4.82. The molecular formula is C15H12F3NO5S. The van der Waals surface area contributed by atoms with Gasteiger partial charge in [0.1, 0.15) is 4.90 Å².